The Labute approximate surface area is 158 Å². The number of tetrazole rings is 1. The molecule has 3 aromatic rings. The minimum Gasteiger partial charge on any atom is -0.478 e. The molecule has 0 radical (unpaired) electrons. The number of nitro groups is 1. The second-order valence-corrected chi connectivity index (χ2v) is 5.76. The van der Waals surface area contributed by atoms with Gasteiger partial charge < -0.3 is 4.74 Å². The molecular weight excluding hydrogens is 410 g/mol. The Bertz CT molecular complexity index is 1040. The second kappa shape index (κ2) is 7.38. The van der Waals surface area contributed by atoms with Crippen molar-refractivity contribution in [3.63, 3.8) is 0 Å². The van der Waals surface area contributed by atoms with Crippen LogP contribution in [0.25, 0.3) is 5.69 Å². The van der Waals surface area contributed by atoms with Gasteiger partial charge in [0, 0.05) is 17.2 Å². The van der Waals surface area contributed by atoms with E-state index in [0.717, 1.165) is 28.9 Å². The summed E-state index contributed by atoms with van der Waals surface area (Å²) in [5.74, 6) is -1.42. The van der Waals surface area contributed by atoms with Gasteiger partial charge in [-0.1, -0.05) is 11.6 Å². The SMILES string of the molecule is O=[N+]([O-])c1ccc(F)cc1OCc1nnnn1-c1ccc(Cl)cc1C(F)(F)F. The molecule has 0 N–H and O–H groups in total. The zero-order valence-corrected chi connectivity index (χ0v) is 14.3. The summed E-state index contributed by atoms with van der Waals surface area (Å²) in [4.78, 5) is 10.2. The molecule has 146 valence electrons. The lowest BCUT2D eigenvalue weighted by molar-refractivity contribution is -0.386. The van der Waals surface area contributed by atoms with Crippen molar-refractivity contribution < 1.29 is 27.2 Å². The summed E-state index contributed by atoms with van der Waals surface area (Å²) in [5, 5.41) is 21.2. The lowest BCUT2D eigenvalue weighted by Crippen LogP contribution is -2.14. The molecule has 0 saturated carbocycles. The summed E-state index contributed by atoms with van der Waals surface area (Å²) in [6, 6.07) is 5.54. The van der Waals surface area contributed by atoms with E-state index >= 15 is 0 Å². The zero-order chi connectivity index (χ0) is 20.5. The van der Waals surface area contributed by atoms with E-state index < -0.39 is 46.2 Å². The monoisotopic (exact) mass is 417 g/mol. The Morgan fingerprint density at radius 1 is 1.21 bits per heavy atom. The highest BCUT2D eigenvalue weighted by molar-refractivity contribution is 6.30. The maximum absolute atomic E-state index is 13.4. The van der Waals surface area contributed by atoms with E-state index in [1.54, 1.807) is 0 Å². The summed E-state index contributed by atoms with van der Waals surface area (Å²) in [6.45, 7) is -0.558. The third kappa shape index (κ3) is 4.01. The van der Waals surface area contributed by atoms with Crippen molar-refractivity contribution in [3.8, 4) is 11.4 Å². The standard InChI is InChI=1S/C15H8ClF4N5O3/c16-8-1-3-11(10(5-8)15(18,19)20)24-14(21-22-23-24)7-28-13-6-9(17)2-4-12(13)25(26)27/h1-6H,7H2. The van der Waals surface area contributed by atoms with Crippen molar-refractivity contribution in [2.45, 2.75) is 12.8 Å². The highest BCUT2D eigenvalue weighted by atomic mass is 35.5. The van der Waals surface area contributed by atoms with Gasteiger partial charge in [0.15, 0.2) is 18.2 Å². The first-order valence-electron chi connectivity index (χ1n) is 7.38. The van der Waals surface area contributed by atoms with E-state index in [9.17, 15) is 27.7 Å². The van der Waals surface area contributed by atoms with Crippen LogP contribution < -0.4 is 4.74 Å². The van der Waals surface area contributed by atoms with Crippen molar-refractivity contribution in [3.05, 3.63) is 68.7 Å². The molecule has 28 heavy (non-hydrogen) atoms. The van der Waals surface area contributed by atoms with Gasteiger partial charge in [-0.3, -0.25) is 10.1 Å². The molecule has 0 unspecified atom stereocenters. The predicted octanol–water partition coefficient (Wildman–Crippen LogP) is 3.96. The quantitative estimate of drug-likeness (QED) is 0.354. The Balaban J connectivity index is 1.95. The molecule has 0 spiro atoms. The molecule has 0 bridgehead atoms. The van der Waals surface area contributed by atoms with Gasteiger partial charge in [0.1, 0.15) is 5.82 Å². The molecule has 3 rings (SSSR count). The third-order valence-corrected chi connectivity index (χ3v) is 3.74. The number of hydrogen-bond acceptors (Lipinski definition) is 6. The van der Waals surface area contributed by atoms with E-state index in [1.165, 1.54) is 6.07 Å². The molecule has 0 atom stereocenters. The number of ether oxygens (including phenoxy) is 1. The van der Waals surface area contributed by atoms with Crippen molar-refractivity contribution >= 4 is 17.3 Å². The molecule has 2 aromatic carbocycles. The molecule has 0 saturated heterocycles. The summed E-state index contributed by atoms with van der Waals surface area (Å²) in [5.41, 5.74) is -2.04. The van der Waals surface area contributed by atoms with E-state index in [-0.39, 0.29) is 10.8 Å². The number of aromatic nitrogens is 4. The van der Waals surface area contributed by atoms with Gasteiger partial charge >= 0.3 is 11.9 Å². The topological polar surface area (TPSA) is 96.0 Å². The molecule has 0 aliphatic rings. The molecular formula is C15H8ClF4N5O3. The van der Waals surface area contributed by atoms with Gasteiger partial charge in [-0.05, 0) is 34.7 Å². The molecule has 8 nitrogen and oxygen atoms in total. The minimum absolute atomic E-state index is 0.141. The van der Waals surface area contributed by atoms with Crippen LogP contribution >= 0.6 is 11.6 Å². The maximum atomic E-state index is 13.4. The Morgan fingerprint density at radius 3 is 2.64 bits per heavy atom. The molecule has 13 heteroatoms. The summed E-state index contributed by atoms with van der Waals surface area (Å²) >= 11 is 5.64. The van der Waals surface area contributed by atoms with Gasteiger partial charge in [0.25, 0.3) is 0 Å². The number of nitrogens with zero attached hydrogens (tertiary/aromatic N) is 5. The Hall–Kier alpha value is -3.28. The molecule has 0 aliphatic heterocycles. The lowest BCUT2D eigenvalue weighted by Gasteiger charge is -2.14. The van der Waals surface area contributed by atoms with Gasteiger partial charge in [-0.2, -0.15) is 17.9 Å². The highest BCUT2D eigenvalue weighted by Crippen LogP contribution is 2.35. The maximum Gasteiger partial charge on any atom is 0.418 e. The van der Waals surface area contributed by atoms with Crippen molar-refractivity contribution in [2.24, 2.45) is 0 Å². The fourth-order valence-corrected chi connectivity index (χ4v) is 2.47. The number of benzene rings is 2. The Kier molecular flexibility index (Phi) is 5.14. The van der Waals surface area contributed by atoms with Crippen molar-refractivity contribution in [2.75, 3.05) is 0 Å². The summed E-state index contributed by atoms with van der Waals surface area (Å²) in [7, 11) is 0. The van der Waals surface area contributed by atoms with Crippen LogP contribution in [0.3, 0.4) is 0 Å². The van der Waals surface area contributed by atoms with Crippen LogP contribution in [0, 0.1) is 15.9 Å². The Morgan fingerprint density at radius 2 is 1.96 bits per heavy atom. The van der Waals surface area contributed by atoms with Crippen molar-refractivity contribution in [1.29, 1.82) is 0 Å². The van der Waals surface area contributed by atoms with E-state index in [1.807, 2.05) is 0 Å². The lowest BCUT2D eigenvalue weighted by atomic mass is 10.1. The van der Waals surface area contributed by atoms with Crippen LogP contribution in [0.15, 0.2) is 36.4 Å². The number of alkyl halides is 3. The molecule has 1 heterocycles. The van der Waals surface area contributed by atoms with E-state index in [2.05, 4.69) is 15.5 Å². The predicted molar refractivity (Wildman–Crippen MR) is 86.6 cm³/mol. The van der Waals surface area contributed by atoms with Crippen LogP contribution in [0.2, 0.25) is 5.02 Å². The zero-order valence-electron chi connectivity index (χ0n) is 13.5. The van der Waals surface area contributed by atoms with Crippen LogP contribution in [0.1, 0.15) is 11.4 Å². The first kappa shape index (κ1) is 19.5. The second-order valence-electron chi connectivity index (χ2n) is 5.32. The van der Waals surface area contributed by atoms with E-state index in [4.69, 9.17) is 16.3 Å². The van der Waals surface area contributed by atoms with E-state index in [0.29, 0.717) is 6.07 Å². The average Bonchev–Trinajstić information content (AvgIpc) is 3.07. The first-order valence-corrected chi connectivity index (χ1v) is 7.75. The smallest absolute Gasteiger partial charge is 0.418 e. The molecule has 0 aliphatic carbocycles. The van der Waals surface area contributed by atoms with Crippen LogP contribution in [0.4, 0.5) is 23.2 Å². The molecule has 0 amide bonds. The van der Waals surface area contributed by atoms with Gasteiger partial charge in [0.05, 0.1) is 16.2 Å². The van der Waals surface area contributed by atoms with Crippen molar-refractivity contribution in [1.82, 2.24) is 20.2 Å². The highest BCUT2D eigenvalue weighted by Gasteiger charge is 2.35. The van der Waals surface area contributed by atoms with Crippen LogP contribution in [-0.4, -0.2) is 25.1 Å². The average molecular weight is 418 g/mol. The van der Waals surface area contributed by atoms with Gasteiger partial charge in [0.2, 0.25) is 0 Å². The third-order valence-electron chi connectivity index (χ3n) is 3.50. The largest absolute Gasteiger partial charge is 0.478 e. The minimum atomic E-state index is -4.74. The fraction of sp³-hybridized carbons (Fsp3) is 0.133. The van der Waals surface area contributed by atoms with Crippen LogP contribution in [-0.2, 0) is 12.8 Å². The van der Waals surface area contributed by atoms with Gasteiger partial charge in [-0.25, -0.2) is 4.39 Å². The summed E-state index contributed by atoms with van der Waals surface area (Å²) in [6.07, 6.45) is -4.74. The number of hydrogen-bond donors (Lipinski definition) is 0. The number of rotatable bonds is 5. The number of halogens is 5. The molecule has 0 fully saturated rings. The normalized spacial score (nSPS) is 11.5. The summed E-state index contributed by atoms with van der Waals surface area (Å²) < 4.78 is 59.2. The number of nitro benzene ring substituents is 1. The van der Waals surface area contributed by atoms with Gasteiger partial charge in [-0.15, -0.1) is 5.10 Å². The fourth-order valence-electron chi connectivity index (χ4n) is 2.30. The van der Waals surface area contributed by atoms with Crippen LogP contribution in [0.5, 0.6) is 5.75 Å². The molecule has 1 aromatic heterocycles. The first-order chi connectivity index (χ1) is 13.2.